The molecule has 1 atom stereocenters. The zero-order chi connectivity index (χ0) is 22.6. The Morgan fingerprint density at radius 2 is 1.90 bits per heavy atom. The van der Waals surface area contributed by atoms with E-state index in [-0.39, 0.29) is 22.5 Å². The number of carbonyl (C=O) groups excluding carboxylic acids is 1. The molecule has 0 spiro atoms. The van der Waals surface area contributed by atoms with E-state index >= 15 is 0 Å². The summed E-state index contributed by atoms with van der Waals surface area (Å²) in [5.74, 6) is -0.103. The molecule has 8 heteroatoms. The van der Waals surface area contributed by atoms with Crippen molar-refractivity contribution in [1.29, 1.82) is 0 Å². The minimum absolute atomic E-state index is 0.171. The van der Waals surface area contributed by atoms with Crippen LogP contribution in [0.15, 0.2) is 47.4 Å². The lowest BCUT2D eigenvalue weighted by atomic mass is 9.98. The Hall–Kier alpha value is -2.45. The third-order valence-electron chi connectivity index (χ3n) is 5.83. The zero-order valence-corrected chi connectivity index (χ0v) is 19.0. The minimum Gasteiger partial charge on any atom is -0.350 e. The van der Waals surface area contributed by atoms with Gasteiger partial charge in [-0.15, -0.1) is 0 Å². The van der Waals surface area contributed by atoms with Crippen LogP contribution in [0.3, 0.4) is 0 Å². The highest BCUT2D eigenvalue weighted by molar-refractivity contribution is 7.92. The van der Waals surface area contributed by atoms with Crippen molar-refractivity contribution in [2.24, 2.45) is 5.92 Å². The van der Waals surface area contributed by atoms with Gasteiger partial charge >= 0.3 is 0 Å². The number of sulfonamides is 1. The van der Waals surface area contributed by atoms with Crippen LogP contribution in [0.1, 0.15) is 42.6 Å². The lowest BCUT2D eigenvalue weighted by Gasteiger charge is -2.35. The number of nitrogens with zero attached hydrogens (tertiary/aromatic N) is 1. The molecule has 1 aliphatic rings. The normalized spacial score (nSPS) is 16.6. The number of halogens is 1. The number of likely N-dealkylation sites (tertiary alicyclic amines) is 1. The second kappa shape index (κ2) is 9.78. The van der Waals surface area contributed by atoms with E-state index in [0.29, 0.717) is 17.7 Å². The van der Waals surface area contributed by atoms with Crippen LogP contribution in [-0.4, -0.2) is 44.9 Å². The van der Waals surface area contributed by atoms with E-state index in [1.165, 1.54) is 31.0 Å². The molecule has 2 aromatic rings. The second-order valence-corrected chi connectivity index (χ2v) is 10.1. The molecule has 0 bridgehead atoms. The maximum atomic E-state index is 13.8. The van der Waals surface area contributed by atoms with Gasteiger partial charge in [-0.1, -0.05) is 19.1 Å². The number of anilines is 1. The Kier molecular flexibility index (Phi) is 7.33. The molecule has 1 unspecified atom stereocenters. The smallest absolute Gasteiger partial charge is 0.261 e. The number of carbonyl (C=O) groups is 1. The first-order valence-electron chi connectivity index (χ1n) is 10.6. The van der Waals surface area contributed by atoms with Crippen LogP contribution >= 0.6 is 0 Å². The molecule has 6 nitrogen and oxygen atoms in total. The molecule has 3 rings (SSSR count). The van der Waals surface area contributed by atoms with Gasteiger partial charge in [0.25, 0.3) is 15.9 Å². The first kappa shape index (κ1) is 23.2. The summed E-state index contributed by atoms with van der Waals surface area (Å²) in [4.78, 5) is 14.8. The summed E-state index contributed by atoms with van der Waals surface area (Å²) in [5.41, 5.74) is 0.965. The Morgan fingerprint density at radius 3 is 2.58 bits per heavy atom. The monoisotopic (exact) mass is 447 g/mol. The summed E-state index contributed by atoms with van der Waals surface area (Å²) < 4.78 is 41.3. The number of amides is 1. The van der Waals surface area contributed by atoms with Crippen molar-refractivity contribution in [3.8, 4) is 0 Å². The van der Waals surface area contributed by atoms with Gasteiger partial charge in [0.2, 0.25) is 0 Å². The van der Waals surface area contributed by atoms with Crippen LogP contribution in [0.2, 0.25) is 0 Å². The summed E-state index contributed by atoms with van der Waals surface area (Å²) in [5, 5.41) is 2.94. The highest BCUT2D eigenvalue weighted by atomic mass is 32.2. The Balaban J connectivity index is 1.62. The van der Waals surface area contributed by atoms with Crippen molar-refractivity contribution < 1.29 is 17.6 Å². The molecule has 1 saturated heterocycles. The van der Waals surface area contributed by atoms with Gasteiger partial charge < -0.3 is 5.32 Å². The SMILES string of the molecule is Cc1ccc(S(=O)(=O)Nc2cccc(C(=O)NCC(C)N3CCC(C)CC3)c2)cc1F. The Morgan fingerprint density at radius 1 is 1.19 bits per heavy atom. The van der Waals surface area contributed by atoms with Crippen LogP contribution < -0.4 is 10.0 Å². The standard InChI is InChI=1S/C23H30FN3O3S/c1-16-9-11-27(12-10-16)18(3)15-25-23(28)19-5-4-6-20(13-19)26-31(29,30)21-8-7-17(2)22(24)14-21/h4-8,13-14,16,18,26H,9-12,15H2,1-3H3,(H,25,28). The van der Waals surface area contributed by atoms with E-state index in [1.54, 1.807) is 25.1 Å². The Labute approximate surface area is 183 Å². The molecule has 1 heterocycles. The van der Waals surface area contributed by atoms with Gasteiger partial charge in [0, 0.05) is 23.8 Å². The highest BCUT2D eigenvalue weighted by Gasteiger charge is 2.21. The molecule has 2 N–H and O–H groups in total. The van der Waals surface area contributed by atoms with Gasteiger partial charge in [-0.2, -0.15) is 0 Å². The molecular weight excluding hydrogens is 417 g/mol. The summed E-state index contributed by atoms with van der Waals surface area (Å²) >= 11 is 0. The van der Waals surface area contributed by atoms with Crippen LogP contribution in [0, 0.1) is 18.7 Å². The molecule has 1 fully saturated rings. The summed E-state index contributed by atoms with van der Waals surface area (Å²) in [6, 6.07) is 10.2. The predicted octanol–water partition coefficient (Wildman–Crippen LogP) is 3.79. The highest BCUT2D eigenvalue weighted by Crippen LogP contribution is 2.20. The van der Waals surface area contributed by atoms with Crippen molar-refractivity contribution in [2.45, 2.75) is 44.6 Å². The van der Waals surface area contributed by atoms with E-state index in [4.69, 9.17) is 0 Å². The van der Waals surface area contributed by atoms with E-state index in [2.05, 4.69) is 28.8 Å². The Bertz CT molecular complexity index is 1030. The second-order valence-electron chi connectivity index (χ2n) is 8.37. The molecule has 31 heavy (non-hydrogen) atoms. The quantitative estimate of drug-likeness (QED) is 0.677. The molecule has 0 aromatic heterocycles. The summed E-state index contributed by atoms with van der Waals surface area (Å²) in [6.07, 6.45) is 2.34. The van der Waals surface area contributed by atoms with Crippen LogP contribution in [-0.2, 0) is 10.0 Å². The maximum absolute atomic E-state index is 13.8. The van der Waals surface area contributed by atoms with Gasteiger partial charge in [-0.3, -0.25) is 14.4 Å². The topological polar surface area (TPSA) is 78.5 Å². The molecule has 0 aliphatic carbocycles. The van der Waals surface area contributed by atoms with Gasteiger partial charge in [-0.25, -0.2) is 12.8 Å². The average Bonchev–Trinajstić information content (AvgIpc) is 2.74. The first-order chi connectivity index (χ1) is 14.7. The van der Waals surface area contributed by atoms with Crippen molar-refractivity contribution in [3.63, 3.8) is 0 Å². The number of hydrogen-bond donors (Lipinski definition) is 2. The fourth-order valence-corrected chi connectivity index (χ4v) is 4.68. The fourth-order valence-electron chi connectivity index (χ4n) is 3.62. The number of piperidine rings is 1. The largest absolute Gasteiger partial charge is 0.350 e. The summed E-state index contributed by atoms with van der Waals surface area (Å²) in [6.45, 7) is 8.52. The van der Waals surface area contributed by atoms with Gasteiger partial charge in [0.05, 0.1) is 4.90 Å². The number of rotatable bonds is 7. The number of benzene rings is 2. The summed E-state index contributed by atoms with van der Waals surface area (Å²) in [7, 11) is -3.97. The third-order valence-corrected chi connectivity index (χ3v) is 7.21. The fraction of sp³-hybridized carbons (Fsp3) is 0.435. The predicted molar refractivity (Wildman–Crippen MR) is 120 cm³/mol. The number of aryl methyl sites for hydroxylation is 1. The first-order valence-corrected chi connectivity index (χ1v) is 12.1. The molecule has 0 radical (unpaired) electrons. The van der Waals surface area contributed by atoms with Crippen molar-refractivity contribution in [1.82, 2.24) is 10.2 Å². The van der Waals surface area contributed by atoms with Crippen molar-refractivity contribution in [2.75, 3.05) is 24.4 Å². The van der Waals surface area contributed by atoms with E-state index < -0.39 is 15.8 Å². The molecule has 2 aromatic carbocycles. The van der Waals surface area contributed by atoms with E-state index in [9.17, 15) is 17.6 Å². The average molecular weight is 448 g/mol. The minimum atomic E-state index is -3.97. The molecule has 1 aliphatic heterocycles. The van der Waals surface area contributed by atoms with Crippen molar-refractivity contribution in [3.05, 3.63) is 59.4 Å². The zero-order valence-electron chi connectivity index (χ0n) is 18.2. The maximum Gasteiger partial charge on any atom is 0.261 e. The van der Waals surface area contributed by atoms with Gasteiger partial charge in [0.15, 0.2) is 0 Å². The molecule has 1 amide bonds. The van der Waals surface area contributed by atoms with E-state index in [1.807, 2.05) is 0 Å². The number of nitrogens with one attached hydrogen (secondary N) is 2. The van der Waals surface area contributed by atoms with Crippen molar-refractivity contribution >= 4 is 21.6 Å². The van der Waals surface area contributed by atoms with Gasteiger partial charge in [-0.05, 0) is 81.6 Å². The third kappa shape index (κ3) is 6.04. The van der Waals surface area contributed by atoms with Crippen LogP contribution in [0.5, 0.6) is 0 Å². The van der Waals surface area contributed by atoms with E-state index in [0.717, 1.165) is 25.1 Å². The molecule has 0 saturated carbocycles. The number of hydrogen-bond acceptors (Lipinski definition) is 4. The van der Waals surface area contributed by atoms with Crippen LogP contribution in [0.25, 0.3) is 0 Å². The molecule has 168 valence electrons. The molecular formula is C23H30FN3O3S. The van der Waals surface area contributed by atoms with Gasteiger partial charge in [0.1, 0.15) is 5.82 Å². The van der Waals surface area contributed by atoms with Crippen LogP contribution in [0.4, 0.5) is 10.1 Å². The lowest BCUT2D eigenvalue weighted by molar-refractivity contribution is 0.0921. The lowest BCUT2D eigenvalue weighted by Crippen LogP contribution is -2.45.